The van der Waals surface area contributed by atoms with Gasteiger partial charge in [0.15, 0.2) is 0 Å². The third kappa shape index (κ3) is 3.79. The second-order valence-corrected chi connectivity index (χ2v) is 8.81. The number of nitrogens with zero attached hydrogens (tertiary/aromatic N) is 1. The molecule has 1 fully saturated rings. The van der Waals surface area contributed by atoms with Gasteiger partial charge in [-0.2, -0.15) is 4.31 Å². The summed E-state index contributed by atoms with van der Waals surface area (Å²) in [7, 11) is -2.73. The minimum Gasteiger partial charge on any atom is -0.497 e. The van der Waals surface area contributed by atoms with Crippen LogP contribution in [0.2, 0.25) is 0 Å². The molecule has 8 nitrogen and oxygen atoms in total. The van der Waals surface area contributed by atoms with Crippen molar-refractivity contribution in [1.82, 2.24) is 4.31 Å². The van der Waals surface area contributed by atoms with Crippen LogP contribution in [0.3, 0.4) is 0 Å². The van der Waals surface area contributed by atoms with Crippen LogP contribution in [-0.4, -0.2) is 50.5 Å². The number of aryl methyl sites for hydroxylation is 1. The van der Waals surface area contributed by atoms with Gasteiger partial charge in [-0.3, -0.25) is 0 Å². The zero-order valence-corrected chi connectivity index (χ0v) is 18.6. The van der Waals surface area contributed by atoms with E-state index in [1.165, 1.54) is 19.2 Å². The predicted molar refractivity (Wildman–Crippen MR) is 112 cm³/mol. The molecular weight excluding hydrogens is 422 g/mol. The average Bonchev–Trinajstić information content (AvgIpc) is 3.47. The molecule has 0 bridgehead atoms. The molecule has 1 saturated heterocycles. The summed E-state index contributed by atoms with van der Waals surface area (Å²) in [6, 6.07) is 11.6. The molecule has 0 spiro atoms. The molecule has 166 valence electrons. The van der Waals surface area contributed by atoms with E-state index in [-0.39, 0.29) is 18.1 Å². The van der Waals surface area contributed by atoms with Gasteiger partial charge in [0.2, 0.25) is 10.0 Å². The van der Waals surface area contributed by atoms with E-state index in [0.717, 1.165) is 9.87 Å². The number of rotatable bonds is 8. The lowest BCUT2D eigenvalue weighted by atomic mass is 9.99. The SMILES string of the molecule is CCOC(=O)C1(C(=O)OCC)C(c2ccc(OC)cc2)N1S(=O)(=O)c1ccc(C)cc1. The summed E-state index contributed by atoms with van der Waals surface area (Å²) in [5.41, 5.74) is -0.819. The van der Waals surface area contributed by atoms with Gasteiger partial charge in [0, 0.05) is 0 Å². The highest BCUT2D eigenvalue weighted by Crippen LogP contribution is 2.58. The summed E-state index contributed by atoms with van der Waals surface area (Å²) < 4.78 is 43.4. The van der Waals surface area contributed by atoms with Crippen molar-refractivity contribution in [1.29, 1.82) is 0 Å². The summed E-state index contributed by atoms with van der Waals surface area (Å²) in [6.07, 6.45) is 0. The number of hydrogen-bond donors (Lipinski definition) is 0. The number of esters is 2. The first kappa shape index (κ1) is 22.8. The second-order valence-electron chi connectivity index (χ2n) is 7.00. The fourth-order valence-corrected chi connectivity index (χ4v) is 5.39. The molecule has 0 amide bonds. The van der Waals surface area contributed by atoms with Crippen LogP contribution in [0.15, 0.2) is 53.4 Å². The lowest BCUT2D eigenvalue weighted by Crippen LogP contribution is -2.43. The maximum absolute atomic E-state index is 13.5. The van der Waals surface area contributed by atoms with Crippen molar-refractivity contribution in [3.05, 3.63) is 59.7 Å². The molecule has 1 heterocycles. The monoisotopic (exact) mass is 447 g/mol. The van der Waals surface area contributed by atoms with Crippen molar-refractivity contribution >= 4 is 22.0 Å². The third-order valence-corrected chi connectivity index (χ3v) is 6.98. The molecule has 2 unspecified atom stereocenters. The van der Waals surface area contributed by atoms with Gasteiger partial charge in [0.1, 0.15) is 5.75 Å². The van der Waals surface area contributed by atoms with Crippen molar-refractivity contribution in [2.24, 2.45) is 0 Å². The van der Waals surface area contributed by atoms with E-state index >= 15 is 0 Å². The number of carbonyl (C=O) groups excluding carboxylic acids is 2. The largest absolute Gasteiger partial charge is 0.497 e. The number of sulfonamides is 1. The summed E-state index contributed by atoms with van der Waals surface area (Å²) in [5.74, 6) is -1.38. The first-order valence-corrected chi connectivity index (χ1v) is 11.3. The predicted octanol–water partition coefficient (Wildman–Crippen LogP) is 2.61. The molecule has 0 radical (unpaired) electrons. The molecule has 3 rings (SSSR count). The molecule has 1 aliphatic rings. The van der Waals surface area contributed by atoms with Crippen molar-refractivity contribution in [2.75, 3.05) is 20.3 Å². The highest BCUT2D eigenvalue weighted by atomic mass is 32.2. The summed E-state index contributed by atoms with van der Waals surface area (Å²) >= 11 is 0. The van der Waals surface area contributed by atoms with Crippen LogP contribution in [0.4, 0.5) is 0 Å². The fourth-order valence-electron chi connectivity index (χ4n) is 3.55. The van der Waals surface area contributed by atoms with Crippen molar-refractivity contribution in [2.45, 2.75) is 37.2 Å². The smallest absolute Gasteiger partial charge is 0.341 e. The Balaban J connectivity index is 2.18. The molecule has 2 aromatic rings. The second kappa shape index (κ2) is 8.68. The van der Waals surface area contributed by atoms with E-state index in [0.29, 0.717) is 11.3 Å². The van der Waals surface area contributed by atoms with Crippen molar-refractivity contribution < 1.29 is 32.2 Å². The van der Waals surface area contributed by atoms with E-state index in [2.05, 4.69) is 0 Å². The van der Waals surface area contributed by atoms with Crippen LogP contribution in [-0.2, 0) is 29.1 Å². The first-order chi connectivity index (χ1) is 14.7. The Morgan fingerprint density at radius 1 is 0.935 bits per heavy atom. The number of carbonyl (C=O) groups is 2. The lowest BCUT2D eigenvalue weighted by Gasteiger charge is -2.15. The highest BCUT2D eigenvalue weighted by molar-refractivity contribution is 7.89. The fraction of sp³-hybridized carbons (Fsp3) is 0.364. The highest BCUT2D eigenvalue weighted by Gasteiger charge is 2.80. The molecule has 2 aromatic carbocycles. The maximum Gasteiger partial charge on any atom is 0.341 e. The number of benzene rings is 2. The Labute approximate surface area is 181 Å². The third-order valence-electron chi connectivity index (χ3n) is 5.09. The standard InChI is InChI=1S/C22H25NO7S/c1-5-29-20(24)22(21(25)30-6-2)19(16-9-11-17(28-4)12-10-16)23(22)31(26,27)18-13-7-15(3)8-14-18/h7-14,19H,5-6H2,1-4H3. The molecule has 31 heavy (non-hydrogen) atoms. The summed E-state index contributed by atoms with van der Waals surface area (Å²) in [5, 5.41) is 0. The Hall–Kier alpha value is -2.91. The normalized spacial score (nSPS) is 19.4. The molecule has 0 aliphatic carbocycles. The zero-order valence-electron chi connectivity index (χ0n) is 17.8. The number of ether oxygens (including phenoxy) is 3. The van der Waals surface area contributed by atoms with Gasteiger partial charge < -0.3 is 14.2 Å². The van der Waals surface area contributed by atoms with Crippen LogP contribution in [0.1, 0.15) is 31.0 Å². The molecule has 0 N–H and O–H groups in total. The topological polar surface area (TPSA) is 99.0 Å². The first-order valence-electron chi connectivity index (χ1n) is 9.84. The van der Waals surface area contributed by atoms with Crippen molar-refractivity contribution in [3.63, 3.8) is 0 Å². The van der Waals surface area contributed by atoms with Gasteiger partial charge in [-0.25, -0.2) is 18.0 Å². The van der Waals surface area contributed by atoms with Crippen LogP contribution >= 0.6 is 0 Å². The Bertz CT molecular complexity index is 1040. The zero-order chi connectivity index (χ0) is 22.8. The van der Waals surface area contributed by atoms with E-state index in [1.807, 2.05) is 6.92 Å². The maximum atomic E-state index is 13.5. The van der Waals surface area contributed by atoms with Gasteiger partial charge in [-0.1, -0.05) is 29.8 Å². The van der Waals surface area contributed by atoms with E-state index < -0.39 is 33.5 Å². The van der Waals surface area contributed by atoms with Gasteiger partial charge >= 0.3 is 11.9 Å². The van der Waals surface area contributed by atoms with E-state index in [4.69, 9.17) is 14.2 Å². The van der Waals surface area contributed by atoms with Gasteiger partial charge in [0.05, 0.1) is 31.3 Å². The Morgan fingerprint density at radius 2 is 1.45 bits per heavy atom. The van der Waals surface area contributed by atoms with Crippen molar-refractivity contribution in [3.8, 4) is 5.75 Å². The summed E-state index contributed by atoms with van der Waals surface area (Å²) in [6.45, 7) is 4.96. The molecule has 1 aliphatic heterocycles. The molecule has 2 atom stereocenters. The van der Waals surface area contributed by atoms with Crippen LogP contribution in [0.5, 0.6) is 5.75 Å². The molecule has 0 saturated carbocycles. The van der Waals surface area contributed by atoms with Gasteiger partial charge in [0.25, 0.3) is 5.54 Å². The van der Waals surface area contributed by atoms with Crippen LogP contribution in [0.25, 0.3) is 0 Å². The van der Waals surface area contributed by atoms with Crippen LogP contribution in [0, 0.1) is 6.92 Å². The van der Waals surface area contributed by atoms with Crippen LogP contribution < -0.4 is 4.74 Å². The van der Waals surface area contributed by atoms with Gasteiger partial charge in [-0.05, 0) is 50.6 Å². The Kier molecular flexibility index (Phi) is 6.38. The van der Waals surface area contributed by atoms with Gasteiger partial charge in [-0.15, -0.1) is 0 Å². The average molecular weight is 448 g/mol. The minimum atomic E-state index is -4.23. The number of methoxy groups -OCH3 is 1. The molecule has 9 heteroatoms. The quantitative estimate of drug-likeness (QED) is 0.348. The van der Waals surface area contributed by atoms with E-state index in [1.54, 1.807) is 50.2 Å². The minimum absolute atomic E-state index is 0.0201. The molecular formula is C22H25NO7S. The molecule has 0 aromatic heterocycles. The number of hydrogen-bond acceptors (Lipinski definition) is 7. The van der Waals surface area contributed by atoms with E-state index in [9.17, 15) is 18.0 Å². The lowest BCUT2D eigenvalue weighted by molar-refractivity contribution is -0.160. The summed E-state index contributed by atoms with van der Waals surface area (Å²) in [4.78, 5) is 26.0. The Morgan fingerprint density at radius 3 is 1.90 bits per heavy atom.